The van der Waals surface area contributed by atoms with Gasteiger partial charge in [-0.25, -0.2) is 4.79 Å². The zero-order valence-corrected chi connectivity index (χ0v) is 9.63. The Morgan fingerprint density at radius 1 is 1.25 bits per heavy atom. The predicted molar refractivity (Wildman–Crippen MR) is 59.8 cm³/mol. The maximum absolute atomic E-state index is 11.3. The van der Waals surface area contributed by atoms with Crippen LogP contribution in [-0.4, -0.2) is 34.5 Å². The number of hydrogen-bond acceptors (Lipinski definition) is 4. The van der Waals surface area contributed by atoms with Crippen LogP contribution < -0.4 is 0 Å². The number of aliphatic hydroxyl groups excluding tert-OH is 2. The van der Waals surface area contributed by atoms with Crippen molar-refractivity contribution in [1.82, 2.24) is 0 Å². The lowest BCUT2D eigenvalue weighted by molar-refractivity contribution is -0.142. The number of carbonyl (C=O) groups is 1. The van der Waals surface area contributed by atoms with Crippen molar-refractivity contribution in [2.45, 2.75) is 57.3 Å². The average Bonchev–Trinajstić information content (AvgIpc) is 2.23. The van der Waals surface area contributed by atoms with Crippen LogP contribution >= 0.6 is 0 Å². The highest BCUT2D eigenvalue weighted by atomic mass is 16.5. The highest BCUT2D eigenvalue weighted by Crippen LogP contribution is 2.13. The van der Waals surface area contributed by atoms with Crippen LogP contribution in [0.4, 0.5) is 0 Å². The van der Waals surface area contributed by atoms with E-state index in [0.717, 1.165) is 25.7 Å². The molecule has 0 aliphatic carbocycles. The van der Waals surface area contributed by atoms with E-state index in [-0.39, 0.29) is 6.10 Å². The van der Waals surface area contributed by atoms with Crippen molar-refractivity contribution in [2.24, 2.45) is 0 Å². The molecule has 0 radical (unpaired) electrons. The van der Waals surface area contributed by atoms with Crippen LogP contribution in [0.5, 0.6) is 0 Å². The average molecular weight is 228 g/mol. The van der Waals surface area contributed by atoms with Gasteiger partial charge in [0.1, 0.15) is 0 Å². The number of esters is 1. The van der Waals surface area contributed by atoms with Crippen molar-refractivity contribution in [3.05, 3.63) is 12.2 Å². The minimum Gasteiger partial charge on any atom is -0.460 e. The van der Waals surface area contributed by atoms with E-state index in [2.05, 4.69) is 0 Å². The van der Waals surface area contributed by atoms with Gasteiger partial charge in [-0.2, -0.15) is 0 Å². The Morgan fingerprint density at radius 2 is 1.94 bits per heavy atom. The quantitative estimate of drug-likeness (QED) is 0.611. The van der Waals surface area contributed by atoms with Crippen LogP contribution in [-0.2, 0) is 9.53 Å². The summed E-state index contributed by atoms with van der Waals surface area (Å²) < 4.78 is 5.09. The monoisotopic (exact) mass is 228 g/mol. The van der Waals surface area contributed by atoms with E-state index in [0.29, 0.717) is 6.42 Å². The van der Waals surface area contributed by atoms with Crippen LogP contribution in [0.15, 0.2) is 12.2 Å². The van der Waals surface area contributed by atoms with Crippen molar-refractivity contribution in [3.8, 4) is 0 Å². The first-order chi connectivity index (χ1) is 7.59. The molecule has 0 amide bonds. The number of carbonyl (C=O) groups excluding carboxylic acids is 1. The van der Waals surface area contributed by atoms with Crippen molar-refractivity contribution in [1.29, 1.82) is 0 Å². The summed E-state index contributed by atoms with van der Waals surface area (Å²) in [6.07, 6.45) is 4.87. The summed E-state index contributed by atoms with van der Waals surface area (Å²) in [7, 11) is 0. The van der Waals surface area contributed by atoms with Gasteiger partial charge in [0.25, 0.3) is 0 Å². The summed E-state index contributed by atoms with van der Waals surface area (Å²) >= 11 is 0. The number of hydrogen-bond donors (Lipinski definition) is 2. The highest BCUT2D eigenvalue weighted by molar-refractivity contribution is 5.82. The first kappa shape index (κ1) is 13.2. The van der Waals surface area contributed by atoms with E-state index in [1.54, 1.807) is 0 Å². The van der Waals surface area contributed by atoms with E-state index < -0.39 is 18.2 Å². The number of ether oxygens (including phenoxy) is 1. The van der Waals surface area contributed by atoms with E-state index in [1.807, 2.05) is 6.92 Å². The molecule has 2 N–H and O–H groups in total. The molecule has 3 atom stereocenters. The molecule has 0 spiro atoms. The molecule has 0 fully saturated rings. The van der Waals surface area contributed by atoms with Crippen molar-refractivity contribution in [3.63, 3.8) is 0 Å². The molecule has 1 aliphatic heterocycles. The van der Waals surface area contributed by atoms with Crippen LogP contribution in [0.3, 0.4) is 0 Å². The van der Waals surface area contributed by atoms with Gasteiger partial charge in [0.15, 0.2) is 0 Å². The number of aliphatic hydroxyl groups is 2. The fourth-order valence-corrected chi connectivity index (χ4v) is 1.73. The topological polar surface area (TPSA) is 66.8 Å². The van der Waals surface area contributed by atoms with Gasteiger partial charge in [-0.1, -0.05) is 12.8 Å². The molecule has 92 valence electrons. The summed E-state index contributed by atoms with van der Waals surface area (Å²) in [5.41, 5.74) is 0. The minimum atomic E-state index is -0.984. The summed E-state index contributed by atoms with van der Waals surface area (Å²) in [5.74, 6) is -0.459. The molecule has 1 aliphatic rings. The van der Waals surface area contributed by atoms with Crippen LogP contribution in [0.25, 0.3) is 0 Å². The maximum Gasteiger partial charge on any atom is 0.330 e. The lowest BCUT2D eigenvalue weighted by atomic mass is 10.0. The minimum absolute atomic E-state index is 0.0846. The summed E-state index contributed by atoms with van der Waals surface area (Å²) in [5, 5.41) is 19.0. The van der Waals surface area contributed by atoms with E-state index in [4.69, 9.17) is 4.74 Å². The zero-order chi connectivity index (χ0) is 12.0. The molecule has 3 unspecified atom stereocenters. The van der Waals surface area contributed by atoms with E-state index in [1.165, 1.54) is 12.2 Å². The zero-order valence-electron chi connectivity index (χ0n) is 9.63. The Bertz CT molecular complexity index is 249. The third-order valence-electron chi connectivity index (χ3n) is 2.75. The van der Waals surface area contributed by atoms with Crippen molar-refractivity contribution < 1.29 is 19.7 Å². The highest BCUT2D eigenvalue weighted by Gasteiger charge is 2.15. The molecule has 4 nitrogen and oxygen atoms in total. The van der Waals surface area contributed by atoms with Gasteiger partial charge in [0.05, 0.1) is 18.3 Å². The Balaban J connectivity index is 2.58. The van der Waals surface area contributed by atoms with Crippen molar-refractivity contribution in [2.75, 3.05) is 0 Å². The molecular formula is C12H20O4. The van der Waals surface area contributed by atoms with Gasteiger partial charge < -0.3 is 14.9 Å². The largest absolute Gasteiger partial charge is 0.460 e. The first-order valence-corrected chi connectivity index (χ1v) is 5.84. The van der Waals surface area contributed by atoms with Gasteiger partial charge in [-0.15, -0.1) is 0 Å². The molecule has 1 heterocycles. The summed E-state index contributed by atoms with van der Waals surface area (Å²) in [6, 6.07) is 0. The third-order valence-corrected chi connectivity index (χ3v) is 2.75. The fraction of sp³-hybridized carbons (Fsp3) is 0.750. The van der Waals surface area contributed by atoms with Gasteiger partial charge in [0, 0.05) is 6.08 Å². The molecule has 0 aromatic rings. The Morgan fingerprint density at radius 3 is 2.69 bits per heavy atom. The van der Waals surface area contributed by atoms with Gasteiger partial charge >= 0.3 is 5.97 Å². The van der Waals surface area contributed by atoms with Crippen LogP contribution in [0.2, 0.25) is 0 Å². The Hall–Kier alpha value is -0.870. The molecule has 16 heavy (non-hydrogen) atoms. The lowest BCUT2D eigenvalue weighted by Gasteiger charge is -2.16. The second kappa shape index (κ2) is 6.66. The van der Waals surface area contributed by atoms with Gasteiger partial charge in [-0.05, 0) is 32.3 Å². The van der Waals surface area contributed by atoms with Crippen LogP contribution in [0.1, 0.15) is 39.0 Å². The lowest BCUT2D eigenvalue weighted by Crippen LogP contribution is -2.24. The smallest absolute Gasteiger partial charge is 0.330 e. The molecular weight excluding hydrogens is 208 g/mol. The second-order valence-electron chi connectivity index (χ2n) is 4.30. The molecule has 4 heteroatoms. The maximum atomic E-state index is 11.3. The van der Waals surface area contributed by atoms with Gasteiger partial charge in [-0.3, -0.25) is 0 Å². The van der Waals surface area contributed by atoms with Crippen molar-refractivity contribution >= 4 is 5.97 Å². The molecule has 0 saturated carbocycles. The van der Waals surface area contributed by atoms with E-state index in [9.17, 15) is 15.0 Å². The standard InChI is InChI=1S/C12H20O4/c1-9-5-3-2-4-6-10(13)11(14)7-8-12(15)16-9/h7-11,13-14H,2-6H2,1H3. The molecule has 0 aromatic carbocycles. The Kier molecular flexibility index (Phi) is 5.49. The molecule has 0 aromatic heterocycles. The summed E-state index contributed by atoms with van der Waals surface area (Å²) in [4.78, 5) is 11.3. The summed E-state index contributed by atoms with van der Waals surface area (Å²) in [6.45, 7) is 1.86. The van der Waals surface area contributed by atoms with Crippen LogP contribution in [0, 0.1) is 0 Å². The molecule has 0 bridgehead atoms. The number of cyclic esters (lactones) is 1. The van der Waals surface area contributed by atoms with E-state index >= 15 is 0 Å². The second-order valence-corrected chi connectivity index (χ2v) is 4.30. The predicted octanol–water partition coefficient (Wildman–Crippen LogP) is 1.16. The fourth-order valence-electron chi connectivity index (χ4n) is 1.73. The van der Waals surface area contributed by atoms with Gasteiger partial charge in [0.2, 0.25) is 0 Å². The third kappa shape index (κ3) is 4.77. The molecule has 0 saturated heterocycles. The number of rotatable bonds is 0. The normalized spacial score (nSPS) is 33.7. The molecule has 1 rings (SSSR count). The Labute approximate surface area is 95.9 Å². The SMILES string of the molecule is CC1CCCCCC(O)C(O)C=CC(=O)O1. The first-order valence-electron chi connectivity index (χ1n) is 5.84.